The van der Waals surface area contributed by atoms with Crippen molar-refractivity contribution in [3.05, 3.63) is 0 Å². The monoisotopic (exact) mass is 368 g/mol. The highest BCUT2D eigenvalue weighted by Gasteiger charge is 2.46. The van der Waals surface area contributed by atoms with Crippen molar-refractivity contribution in [1.82, 2.24) is 0 Å². The van der Waals surface area contributed by atoms with Crippen LogP contribution in [0.1, 0.15) is 99.3 Å². The largest absolute Gasteiger partial charge is 0.389 e. The standard InChI is InChI=1S/C20H39F3O2/c1-7-9-10-11-12-13-14-18(15-20(21,22)23)19(8-2,24-16(3)4)25-17(5)6/h16-18H,7-15H2,1-6H3. The zero-order chi connectivity index (χ0) is 19.5. The Labute approximate surface area is 152 Å². The van der Waals surface area contributed by atoms with Crippen LogP contribution in [0.15, 0.2) is 0 Å². The maximum atomic E-state index is 13.2. The molecular weight excluding hydrogens is 329 g/mol. The van der Waals surface area contributed by atoms with Crippen LogP contribution >= 0.6 is 0 Å². The summed E-state index contributed by atoms with van der Waals surface area (Å²) in [4.78, 5) is 0. The van der Waals surface area contributed by atoms with Crippen molar-refractivity contribution in [3.8, 4) is 0 Å². The van der Waals surface area contributed by atoms with Crippen molar-refractivity contribution in [1.29, 1.82) is 0 Å². The molecule has 0 aliphatic rings. The molecule has 0 fully saturated rings. The highest BCUT2D eigenvalue weighted by molar-refractivity contribution is 4.83. The van der Waals surface area contributed by atoms with E-state index in [9.17, 15) is 13.2 Å². The first-order chi connectivity index (χ1) is 11.6. The SMILES string of the molecule is CCCCCCCCC(CC(F)(F)F)C(CC)(OC(C)C)OC(C)C. The molecule has 2 nitrogen and oxygen atoms in total. The number of hydrogen-bond acceptors (Lipinski definition) is 2. The van der Waals surface area contributed by atoms with Gasteiger partial charge in [0.2, 0.25) is 0 Å². The summed E-state index contributed by atoms with van der Waals surface area (Å²) >= 11 is 0. The summed E-state index contributed by atoms with van der Waals surface area (Å²) in [5.41, 5.74) is 0. The fraction of sp³-hybridized carbons (Fsp3) is 1.00. The van der Waals surface area contributed by atoms with Crippen LogP contribution in [-0.2, 0) is 9.47 Å². The zero-order valence-electron chi connectivity index (χ0n) is 17.0. The molecule has 0 aliphatic carbocycles. The minimum Gasteiger partial charge on any atom is -0.347 e. The summed E-state index contributed by atoms with van der Waals surface area (Å²) < 4.78 is 51.6. The number of rotatable bonds is 14. The molecule has 0 spiro atoms. The first-order valence-corrected chi connectivity index (χ1v) is 9.98. The summed E-state index contributed by atoms with van der Waals surface area (Å²) in [6, 6.07) is 0. The molecule has 25 heavy (non-hydrogen) atoms. The van der Waals surface area contributed by atoms with Gasteiger partial charge in [0.25, 0.3) is 0 Å². The molecule has 1 unspecified atom stereocenters. The van der Waals surface area contributed by atoms with Crippen molar-refractivity contribution < 1.29 is 22.6 Å². The maximum absolute atomic E-state index is 13.2. The summed E-state index contributed by atoms with van der Waals surface area (Å²) in [6.07, 6.45) is 1.83. The van der Waals surface area contributed by atoms with E-state index in [2.05, 4.69) is 6.92 Å². The van der Waals surface area contributed by atoms with Gasteiger partial charge in [0.15, 0.2) is 5.79 Å². The summed E-state index contributed by atoms with van der Waals surface area (Å²) in [5.74, 6) is -1.84. The van der Waals surface area contributed by atoms with E-state index in [1.165, 1.54) is 12.8 Å². The second kappa shape index (κ2) is 12.2. The van der Waals surface area contributed by atoms with Crippen molar-refractivity contribution >= 4 is 0 Å². The van der Waals surface area contributed by atoms with Gasteiger partial charge in [-0.15, -0.1) is 0 Å². The maximum Gasteiger partial charge on any atom is 0.389 e. The van der Waals surface area contributed by atoms with Crippen LogP contribution in [0.25, 0.3) is 0 Å². The van der Waals surface area contributed by atoms with E-state index in [-0.39, 0.29) is 12.2 Å². The molecule has 0 saturated carbocycles. The van der Waals surface area contributed by atoms with Crippen LogP contribution in [0.4, 0.5) is 13.2 Å². The summed E-state index contributed by atoms with van der Waals surface area (Å²) in [7, 11) is 0. The van der Waals surface area contributed by atoms with E-state index in [0.717, 1.165) is 25.7 Å². The van der Waals surface area contributed by atoms with Gasteiger partial charge in [-0.2, -0.15) is 13.2 Å². The van der Waals surface area contributed by atoms with Gasteiger partial charge in [-0.25, -0.2) is 0 Å². The van der Waals surface area contributed by atoms with Crippen LogP contribution < -0.4 is 0 Å². The molecule has 0 radical (unpaired) electrons. The quantitative estimate of drug-likeness (QED) is 0.237. The number of unbranched alkanes of at least 4 members (excludes halogenated alkanes) is 5. The van der Waals surface area contributed by atoms with E-state index >= 15 is 0 Å². The number of alkyl halides is 3. The van der Waals surface area contributed by atoms with Gasteiger partial charge in [-0.05, 0) is 40.5 Å². The zero-order valence-corrected chi connectivity index (χ0v) is 17.0. The summed E-state index contributed by atoms with van der Waals surface area (Å²) in [5, 5.41) is 0. The van der Waals surface area contributed by atoms with E-state index in [1.807, 2.05) is 34.6 Å². The van der Waals surface area contributed by atoms with Crippen LogP contribution in [0.5, 0.6) is 0 Å². The van der Waals surface area contributed by atoms with Gasteiger partial charge in [0, 0.05) is 5.92 Å². The second-order valence-corrected chi connectivity index (χ2v) is 7.57. The van der Waals surface area contributed by atoms with E-state index in [0.29, 0.717) is 12.8 Å². The number of halogens is 3. The predicted molar refractivity (Wildman–Crippen MR) is 97.6 cm³/mol. The van der Waals surface area contributed by atoms with Gasteiger partial charge >= 0.3 is 6.18 Å². The molecule has 0 amide bonds. The van der Waals surface area contributed by atoms with Gasteiger partial charge < -0.3 is 9.47 Å². The normalized spacial score (nSPS) is 14.5. The van der Waals surface area contributed by atoms with Gasteiger partial charge in [0.05, 0.1) is 18.6 Å². The lowest BCUT2D eigenvalue weighted by molar-refractivity contribution is -0.311. The average Bonchev–Trinajstić information content (AvgIpc) is 2.46. The third kappa shape index (κ3) is 11.1. The highest BCUT2D eigenvalue weighted by Crippen LogP contribution is 2.41. The van der Waals surface area contributed by atoms with Crippen LogP contribution in [0.3, 0.4) is 0 Å². The number of hydrogen-bond donors (Lipinski definition) is 0. The summed E-state index contributed by atoms with van der Waals surface area (Å²) in [6.45, 7) is 11.4. The van der Waals surface area contributed by atoms with Crippen molar-refractivity contribution in [2.45, 2.75) is 124 Å². The molecule has 0 bridgehead atoms. The molecular formula is C20H39F3O2. The molecule has 0 aromatic carbocycles. The van der Waals surface area contributed by atoms with Gasteiger partial charge in [-0.3, -0.25) is 0 Å². The average molecular weight is 369 g/mol. The lowest BCUT2D eigenvalue weighted by Crippen LogP contribution is -2.48. The minimum atomic E-state index is -4.21. The highest BCUT2D eigenvalue weighted by atomic mass is 19.4. The first kappa shape index (κ1) is 24.7. The molecule has 0 aliphatic heterocycles. The smallest absolute Gasteiger partial charge is 0.347 e. The van der Waals surface area contributed by atoms with Gasteiger partial charge in [0.1, 0.15) is 0 Å². The predicted octanol–water partition coefficient (Wildman–Crippen LogP) is 7.26. The molecule has 0 heterocycles. The molecule has 0 aromatic heterocycles. The van der Waals surface area contributed by atoms with E-state index in [1.54, 1.807) is 0 Å². The Hall–Kier alpha value is -0.290. The van der Waals surface area contributed by atoms with E-state index in [4.69, 9.17) is 9.47 Å². The lowest BCUT2D eigenvalue weighted by Gasteiger charge is -2.43. The number of ether oxygens (including phenoxy) is 2. The second-order valence-electron chi connectivity index (χ2n) is 7.57. The molecule has 0 rings (SSSR count). The fourth-order valence-corrected chi connectivity index (χ4v) is 3.40. The Morgan fingerprint density at radius 3 is 1.64 bits per heavy atom. The van der Waals surface area contributed by atoms with E-state index < -0.39 is 24.3 Å². The molecule has 5 heteroatoms. The van der Waals surface area contributed by atoms with Crippen LogP contribution in [0, 0.1) is 5.92 Å². The lowest BCUT2D eigenvalue weighted by atomic mass is 9.86. The Morgan fingerprint density at radius 1 is 0.760 bits per heavy atom. The fourth-order valence-electron chi connectivity index (χ4n) is 3.40. The Kier molecular flexibility index (Phi) is 12.0. The molecule has 1 atom stereocenters. The van der Waals surface area contributed by atoms with Crippen molar-refractivity contribution in [3.63, 3.8) is 0 Å². The molecule has 152 valence electrons. The minimum absolute atomic E-state index is 0.181. The molecule has 0 aromatic rings. The van der Waals surface area contributed by atoms with Gasteiger partial charge in [-0.1, -0.05) is 52.4 Å². The Balaban J connectivity index is 5.12. The third-order valence-electron chi connectivity index (χ3n) is 4.37. The Morgan fingerprint density at radius 2 is 1.24 bits per heavy atom. The topological polar surface area (TPSA) is 18.5 Å². The van der Waals surface area contributed by atoms with Crippen LogP contribution in [0.2, 0.25) is 0 Å². The molecule has 0 saturated heterocycles. The Bertz CT molecular complexity index is 317. The first-order valence-electron chi connectivity index (χ1n) is 9.98. The van der Waals surface area contributed by atoms with Crippen LogP contribution in [-0.4, -0.2) is 24.2 Å². The third-order valence-corrected chi connectivity index (χ3v) is 4.37. The molecule has 0 N–H and O–H groups in total. The van der Waals surface area contributed by atoms with Crippen molar-refractivity contribution in [2.75, 3.05) is 0 Å². The van der Waals surface area contributed by atoms with Crippen molar-refractivity contribution in [2.24, 2.45) is 5.92 Å².